The highest BCUT2D eigenvalue weighted by Crippen LogP contribution is 2.33. The summed E-state index contributed by atoms with van der Waals surface area (Å²) in [5, 5.41) is 5.23. The number of rotatable bonds is 5. The van der Waals surface area contributed by atoms with E-state index in [1.165, 1.54) is 6.07 Å². The molecule has 10 heteroatoms. The molecule has 3 rings (SSSR count). The Balaban J connectivity index is 1.62. The van der Waals surface area contributed by atoms with E-state index in [0.717, 1.165) is 24.2 Å². The molecule has 31 heavy (non-hydrogen) atoms. The van der Waals surface area contributed by atoms with Gasteiger partial charge in [0, 0.05) is 37.9 Å². The second-order valence-corrected chi connectivity index (χ2v) is 10.3. The Bertz CT molecular complexity index is 934. The van der Waals surface area contributed by atoms with Gasteiger partial charge in [-0.2, -0.15) is 0 Å². The van der Waals surface area contributed by atoms with Crippen molar-refractivity contribution in [3.63, 3.8) is 0 Å². The maximum Gasteiger partial charge on any atom is 0.409 e. The van der Waals surface area contributed by atoms with Gasteiger partial charge in [0.2, 0.25) is 15.9 Å². The first-order valence-corrected chi connectivity index (χ1v) is 12.2. The van der Waals surface area contributed by atoms with Crippen LogP contribution in [0.15, 0.2) is 23.1 Å². The van der Waals surface area contributed by atoms with Crippen LogP contribution in [0.5, 0.6) is 0 Å². The van der Waals surface area contributed by atoms with Gasteiger partial charge < -0.3 is 14.5 Å². The summed E-state index contributed by atoms with van der Waals surface area (Å²) in [6, 6.07) is 4.60. The number of primary sulfonamides is 1. The highest BCUT2D eigenvalue weighted by molar-refractivity contribution is 7.89. The van der Waals surface area contributed by atoms with E-state index in [1.54, 1.807) is 21.9 Å². The van der Waals surface area contributed by atoms with E-state index >= 15 is 0 Å². The van der Waals surface area contributed by atoms with E-state index in [0.29, 0.717) is 32.7 Å². The van der Waals surface area contributed by atoms with Crippen LogP contribution in [0.2, 0.25) is 0 Å². The number of benzene rings is 1. The minimum absolute atomic E-state index is 0.0366. The van der Waals surface area contributed by atoms with Crippen LogP contribution in [-0.4, -0.2) is 75.6 Å². The van der Waals surface area contributed by atoms with Gasteiger partial charge in [0.15, 0.2) is 0 Å². The van der Waals surface area contributed by atoms with Crippen molar-refractivity contribution < 1.29 is 22.7 Å². The highest BCUT2D eigenvalue weighted by atomic mass is 32.2. The summed E-state index contributed by atoms with van der Waals surface area (Å²) >= 11 is 0. The number of hydrogen-bond acceptors (Lipinski definition) is 6. The van der Waals surface area contributed by atoms with E-state index in [-0.39, 0.29) is 35.4 Å². The number of carbonyl (C=O) groups excluding carboxylic acids is 2. The van der Waals surface area contributed by atoms with Crippen molar-refractivity contribution in [2.75, 3.05) is 44.2 Å². The summed E-state index contributed by atoms with van der Waals surface area (Å²) in [5.41, 5.74) is 1.54. The fraction of sp³-hybridized carbons (Fsp3) is 0.619. The number of carbonyl (C=O) groups is 2. The Hall–Kier alpha value is -2.17. The molecule has 1 unspecified atom stereocenters. The summed E-state index contributed by atoms with van der Waals surface area (Å²) in [6.45, 7) is 9.04. The normalized spacial score (nSPS) is 20.0. The second-order valence-electron chi connectivity index (χ2n) is 8.74. The smallest absolute Gasteiger partial charge is 0.409 e. The number of nitrogens with two attached hydrogens (primary N) is 1. The Morgan fingerprint density at radius 2 is 1.94 bits per heavy atom. The Morgan fingerprint density at radius 1 is 1.19 bits per heavy atom. The number of amides is 2. The molecule has 0 saturated carbocycles. The zero-order chi connectivity index (χ0) is 22.8. The predicted molar refractivity (Wildman–Crippen MR) is 117 cm³/mol. The molecule has 0 bridgehead atoms. The van der Waals surface area contributed by atoms with Gasteiger partial charge in [-0.1, -0.05) is 13.8 Å². The maximum absolute atomic E-state index is 13.1. The standard InChI is InChI=1S/C21H32N4O5S/c1-15(2)14-30-21(27)24-8-4-7-23(9-10-24)13-20(26)25-16(3)11-17-12-18(31(22,28)29)5-6-19(17)25/h5-6,12,15-16H,4,7-11,13-14H2,1-3H3,(H2,22,28,29). The number of anilines is 1. The van der Waals surface area contributed by atoms with Gasteiger partial charge in [-0.05, 0) is 49.4 Å². The van der Waals surface area contributed by atoms with Crippen LogP contribution in [0.25, 0.3) is 0 Å². The van der Waals surface area contributed by atoms with Crippen LogP contribution in [0.3, 0.4) is 0 Å². The predicted octanol–water partition coefficient (Wildman–Crippen LogP) is 1.41. The van der Waals surface area contributed by atoms with Crippen molar-refractivity contribution in [1.29, 1.82) is 0 Å². The molecule has 9 nitrogen and oxygen atoms in total. The van der Waals surface area contributed by atoms with Crippen molar-refractivity contribution in [2.24, 2.45) is 11.1 Å². The van der Waals surface area contributed by atoms with Crippen molar-refractivity contribution >= 4 is 27.7 Å². The van der Waals surface area contributed by atoms with Gasteiger partial charge in [-0.3, -0.25) is 9.69 Å². The third-order valence-electron chi connectivity index (χ3n) is 5.61. The van der Waals surface area contributed by atoms with E-state index in [2.05, 4.69) is 4.90 Å². The number of ether oxygens (including phenoxy) is 1. The molecule has 0 spiro atoms. The molecule has 1 fully saturated rings. The third kappa shape index (κ3) is 5.75. The Labute approximate surface area is 184 Å². The largest absolute Gasteiger partial charge is 0.449 e. The summed E-state index contributed by atoms with van der Waals surface area (Å²) in [7, 11) is -3.78. The molecule has 2 aliphatic heterocycles. The van der Waals surface area contributed by atoms with Gasteiger partial charge in [0.25, 0.3) is 0 Å². The van der Waals surface area contributed by atoms with E-state index in [4.69, 9.17) is 9.88 Å². The van der Waals surface area contributed by atoms with Crippen LogP contribution >= 0.6 is 0 Å². The number of nitrogens with zero attached hydrogens (tertiary/aromatic N) is 3. The first kappa shape index (κ1) is 23.5. The van der Waals surface area contributed by atoms with Gasteiger partial charge in [0.05, 0.1) is 18.0 Å². The van der Waals surface area contributed by atoms with Crippen LogP contribution in [0.4, 0.5) is 10.5 Å². The van der Waals surface area contributed by atoms with Crippen LogP contribution in [0.1, 0.15) is 32.8 Å². The van der Waals surface area contributed by atoms with Gasteiger partial charge in [-0.15, -0.1) is 0 Å². The molecule has 1 aromatic rings. The van der Waals surface area contributed by atoms with Crippen molar-refractivity contribution in [3.8, 4) is 0 Å². The first-order chi connectivity index (χ1) is 14.6. The highest BCUT2D eigenvalue weighted by Gasteiger charge is 2.33. The molecule has 2 heterocycles. The van der Waals surface area contributed by atoms with E-state index in [9.17, 15) is 18.0 Å². The van der Waals surface area contributed by atoms with Gasteiger partial charge >= 0.3 is 6.09 Å². The Morgan fingerprint density at radius 3 is 2.61 bits per heavy atom. The van der Waals surface area contributed by atoms with Crippen LogP contribution < -0.4 is 10.0 Å². The van der Waals surface area contributed by atoms with Gasteiger partial charge in [-0.25, -0.2) is 18.4 Å². The molecule has 0 aliphatic carbocycles. The molecule has 2 aliphatic rings. The quantitative estimate of drug-likeness (QED) is 0.723. The molecule has 0 radical (unpaired) electrons. The average molecular weight is 453 g/mol. The lowest BCUT2D eigenvalue weighted by Gasteiger charge is -2.27. The lowest BCUT2D eigenvalue weighted by molar-refractivity contribution is -0.120. The lowest BCUT2D eigenvalue weighted by Crippen LogP contribution is -2.44. The fourth-order valence-electron chi connectivity index (χ4n) is 4.07. The average Bonchev–Trinajstić information content (AvgIpc) is 2.84. The summed E-state index contributed by atoms with van der Waals surface area (Å²) in [6.07, 6.45) is 1.06. The number of sulfonamides is 1. The van der Waals surface area contributed by atoms with E-state index in [1.807, 2.05) is 20.8 Å². The van der Waals surface area contributed by atoms with Crippen molar-refractivity contribution in [3.05, 3.63) is 23.8 Å². The van der Waals surface area contributed by atoms with Crippen LogP contribution in [0, 0.1) is 5.92 Å². The zero-order valence-corrected chi connectivity index (χ0v) is 19.2. The molecule has 0 aromatic heterocycles. The maximum atomic E-state index is 13.1. The topological polar surface area (TPSA) is 113 Å². The fourth-order valence-corrected chi connectivity index (χ4v) is 4.64. The van der Waals surface area contributed by atoms with Crippen LogP contribution in [-0.2, 0) is 26.0 Å². The SMILES string of the molecule is CC(C)COC(=O)N1CCCN(CC(=O)N2c3ccc(S(N)(=O)=O)cc3CC2C)CC1. The number of hydrogen-bond donors (Lipinski definition) is 1. The molecular formula is C21H32N4O5S. The number of fused-ring (bicyclic) bond motifs is 1. The summed E-state index contributed by atoms with van der Waals surface area (Å²) < 4.78 is 28.6. The molecule has 1 aromatic carbocycles. The molecule has 172 valence electrons. The zero-order valence-electron chi connectivity index (χ0n) is 18.4. The summed E-state index contributed by atoms with van der Waals surface area (Å²) in [4.78, 5) is 30.9. The Kier molecular flexibility index (Phi) is 7.23. The molecule has 1 atom stereocenters. The van der Waals surface area contributed by atoms with Gasteiger partial charge in [0.1, 0.15) is 0 Å². The first-order valence-electron chi connectivity index (χ1n) is 10.7. The monoisotopic (exact) mass is 452 g/mol. The van der Waals surface area contributed by atoms with E-state index < -0.39 is 10.0 Å². The molecule has 2 N–H and O–H groups in total. The minimum atomic E-state index is -3.78. The molecule has 1 saturated heterocycles. The van der Waals surface area contributed by atoms with Crippen molar-refractivity contribution in [2.45, 2.75) is 44.6 Å². The lowest BCUT2D eigenvalue weighted by atomic mass is 10.1. The summed E-state index contributed by atoms with van der Waals surface area (Å²) in [5.74, 6) is 0.252. The van der Waals surface area contributed by atoms with Crippen molar-refractivity contribution in [1.82, 2.24) is 9.80 Å². The minimum Gasteiger partial charge on any atom is -0.449 e. The third-order valence-corrected chi connectivity index (χ3v) is 6.52. The molecular weight excluding hydrogens is 420 g/mol. The second kappa shape index (κ2) is 9.54. The molecule has 2 amide bonds.